The smallest absolute Gasteiger partial charge is 0.308 e. The quantitative estimate of drug-likeness (QED) is 0.0798. The second kappa shape index (κ2) is 28.0. The van der Waals surface area contributed by atoms with E-state index < -0.39 is 0 Å². The van der Waals surface area contributed by atoms with Gasteiger partial charge in [-0.1, -0.05) is 169 Å². The lowest BCUT2D eigenvalue weighted by atomic mass is 9.95. The van der Waals surface area contributed by atoms with Gasteiger partial charge in [-0.25, -0.2) is 0 Å². The number of hydrogen-bond acceptors (Lipinski definition) is 2. The van der Waals surface area contributed by atoms with Crippen LogP contribution >= 0.6 is 0 Å². The van der Waals surface area contributed by atoms with Crippen molar-refractivity contribution in [3.63, 3.8) is 0 Å². The van der Waals surface area contributed by atoms with Crippen LogP contribution in [0.25, 0.3) is 0 Å². The number of carbonyl (C=O) groups excluding carboxylic acids is 1. The van der Waals surface area contributed by atoms with Crippen LogP contribution < -0.4 is 0 Å². The highest BCUT2D eigenvalue weighted by Gasteiger charge is 2.17. The first-order valence-corrected chi connectivity index (χ1v) is 16.3. The minimum absolute atomic E-state index is 0.0468. The molecule has 0 fully saturated rings. The standard InChI is InChI=1S/C33H66O2/c1-5-8-11-13-15-17-19-21-23-25-27-31(4)33(34)35-30-32(28-10-7-3)29-26-24-22-20-18-16-14-12-9-6-2/h31-32H,5-30H2,1-4H3. The third kappa shape index (κ3) is 24.9. The fourth-order valence-corrected chi connectivity index (χ4v) is 5.12. The number of hydrogen-bond donors (Lipinski definition) is 0. The van der Waals surface area contributed by atoms with Gasteiger partial charge in [-0.3, -0.25) is 4.79 Å². The Balaban J connectivity index is 3.81. The molecule has 0 aromatic rings. The van der Waals surface area contributed by atoms with Crippen molar-refractivity contribution < 1.29 is 9.53 Å². The molecule has 0 saturated carbocycles. The van der Waals surface area contributed by atoms with Crippen LogP contribution in [-0.4, -0.2) is 12.6 Å². The van der Waals surface area contributed by atoms with Crippen molar-refractivity contribution in [1.82, 2.24) is 0 Å². The van der Waals surface area contributed by atoms with Crippen molar-refractivity contribution in [2.45, 2.75) is 188 Å². The van der Waals surface area contributed by atoms with E-state index >= 15 is 0 Å². The van der Waals surface area contributed by atoms with Crippen LogP contribution in [-0.2, 0) is 9.53 Å². The van der Waals surface area contributed by atoms with Gasteiger partial charge in [-0.15, -0.1) is 0 Å². The Morgan fingerprint density at radius 3 is 1.26 bits per heavy atom. The van der Waals surface area contributed by atoms with Crippen molar-refractivity contribution in [2.75, 3.05) is 6.61 Å². The first-order chi connectivity index (χ1) is 17.2. The van der Waals surface area contributed by atoms with Gasteiger partial charge in [-0.05, 0) is 25.2 Å². The zero-order chi connectivity index (χ0) is 25.8. The number of unbranched alkanes of at least 4 members (excludes halogenated alkanes) is 19. The summed E-state index contributed by atoms with van der Waals surface area (Å²) in [5, 5.41) is 0. The Morgan fingerprint density at radius 1 is 0.486 bits per heavy atom. The largest absolute Gasteiger partial charge is 0.465 e. The molecule has 0 amide bonds. The fourth-order valence-electron chi connectivity index (χ4n) is 5.12. The number of esters is 1. The van der Waals surface area contributed by atoms with Gasteiger partial charge in [-0.2, -0.15) is 0 Å². The minimum Gasteiger partial charge on any atom is -0.465 e. The molecule has 2 unspecified atom stereocenters. The highest BCUT2D eigenvalue weighted by atomic mass is 16.5. The normalized spacial score (nSPS) is 13.1. The fraction of sp³-hybridized carbons (Fsp3) is 0.970. The maximum Gasteiger partial charge on any atom is 0.308 e. The Hall–Kier alpha value is -0.530. The zero-order valence-corrected chi connectivity index (χ0v) is 24.9. The second-order valence-corrected chi connectivity index (χ2v) is 11.5. The van der Waals surface area contributed by atoms with Gasteiger partial charge < -0.3 is 4.74 Å². The molecule has 0 aliphatic heterocycles. The second-order valence-electron chi connectivity index (χ2n) is 11.5. The molecule has 0 aliphatic rings. The lowest BCUT2D eigenvalue weighted by Gasteiger charge is -2.18. The third-order valence-electron chi connectivity index (χ3n) is 7.79. The van der Waals surface area contributed by atoms with E-state index in [0.717, 1.165) is 6.42 Å². The van der Waals surface area contributed by atoms with E-state index in [2.05, 4.69) is 27.7 Å². The molecule has 210 valence electrons. The minimum atomic E-state index is 0.0468. The lowest BCUT2D eigenvalue weighted by Crippen LogP contribution is -2.19. The van der Waals surface area contributed by atoms with Gasteiger partial charge in [0.1, 0.15) is 0 Å². The van der Waals surface area contributed by atoms with E-state index in [9.17, 15) is 4.79 Å². The molecule has 0 radical (unpaired) electrons. The van der Waals surface area contributed by atoms with Crippen LogP contribution in [0.2, 0.25) is 0 Å². The summed E-state index contributed by atoms with van der Waals surface area (Å²) in [6.45, 7) is 9.55. The van der Waals surface area contributed by atoms with E-state index in [1.807, 2.05) is 0 Å². The number of ether oxygens (including phenoxy) is 1. The first kappa shape index (κ1) is 34.5. The molecule has 0 spiro atoms. The Bertz CT molecular complexity index is 419. The molecular formula is C33H66O2. The molecule has 0 saturated heterocycles. The summed E-state index contributed by atoms with van der Waals surface area (Å²) in [5.41, 5.74) is 0. The van der Waals surface area contributed by atoms with Gasteiger partial charge in [0.25, 0.3) is 0 Å². The monoisotopic (exact) mass is 495 g/mol. The van der Waals surface area contributed by atoms with Crippen molar-refractivity contribution in [3.05, 3.63) is 0 Å². The molecule has 35 heavy (non-hydrogen) atoms. The molecule has 0 aromatic heterocycles. The molecule has 0 bridgehead atoms. The van der Waals surface area contributed by atoms with Gasteiger partial charge in [0.15, 0.2) is 0 Å². The van der Waals surface area contributed by atoms with Crippen molar-refractivity contribution in [3.8, 4) is 0 Å². The summed E-state index contributed by atoms with van der Waals surface area (Å²) in [4.78, 5) is 12.5. The van der Waals surface area contributed by atoms with E-state index in [1.54, 1.807) is 0 Å². The summed E-state index contributed by atoms with van der Waals surface area (Å²) in [7, 11) is 0. The molecule has 0 N–H and O–H groups in total. The average Bonchev–Trinajstić information content (AvgIpc) is 2.87. The third-order valence-corrected chi connectivity index (χ3v) is 7.79. The molecule has 0 aromatic carbocycles. The summed E-state index contributed by atoms with van der Waals surface area (Å²) in [6, 6.07) is 0. The molecule has 2 atom stereocenters. The highest BCUT2D eigenvalue weighted by molar-refractivity contribution is 5.71. The molecule has 2 nitrogen and oxygen atoms in total. The summed E-state index contributed by atoms with van der Waals surface area (Å²) < 4.78 is 5.81. The van der Waals surface area contributed by atoms with Crippen LogP contribution in [0.5, 0.6) is 0 Å². The van der Waals surface area contributed by atoms with Crippen molar-refractivity contribution in [2.24, 2.45) is 11.8 Å². The molecule has 0 heterocycles. The first-order valence-electron chi connectivity index (χ1n) is 16.3. The van der Waals surface area contributed by atoms with Crippen LogP contribution in [0.4, 0.5) is 0 Å². The van der Waals surface area contributed by atoms with Gasteiger partial charge in [0.05, 0.1) is 12.5 Å². The number of carbonyl (C=O) groups is 1. The summed E-state index contributed by atoms with van der Waals surface area (Å²) in [5.74, 6) is 0.677. The van der Waals surface area contributed by atoms with Gasteiger partial charge >= 0.3 is 5.97 Å². The van der Waals surface area contributed by atoms with Crippen LogP contribution in [0, 0.1) is 11.8 Å². The molecule has 0 aliphatic carbocycles. The summed E-state index contributed by atoms with van der Waals surface area (Å²) >= 11 is 0. The molecular weight excluding hydrogens is 428 g/mol. The number of rotatable bonds is 28. The lowest BCUT2D eigenvalue weighted by molar-refractivity contribution is -0.149. The predicted octanol–water partition coefficient (Wildman–Crippen LogP) is 11.6. The molecule has 2 heteroatoms. The van der Waals surface area contributed by atoms with E-state index in [4.69, 9.17) is 4.74 Å². The van der Waals surface area contributed by atoms with E-state index in [-0.39, 0.29) is 11.9 Å². The van der Waals surface area contributed by atoms with Crippen LogP contribution in [0.15, 0.2) is 0 Å². The van der Waals surface area contributed by atoms with Crippen molar-refractivity contribution in [1.29, 1.82) is 0 Å². The van der Waals surface area contributed by atoms with E-state index in [0.29, 0.717) is 12.5 Å². The predicted molar refractivity (Wildman–Crippen MR) is 156 cm³/mol. The Labute approximate surface area is 222 Å². The highest BCUT2D eigenvalue weighted by Crippen LogP contribution is 2.20. The SMILES string of the molecule is CCCCCCCCCCCCC(CCCC)COC(=O)C(C)CCCCCCCCCCCC. The van der Waals surface area contributed by atoms with Gasteiger partial charge in [0.2, 0.25) is 0 Å². The maximum absolute atomic E-state index is 12.5. The average molecular weight is 495 g/mol. The molecule has 0 rings (SSSR count). The Morgan fingerprint density at radius 2 is 0.829 bits per heavy atom. The maximum atomic E-state index is 12.5. The summed E-state index contributed by atoms with van der Waals surface area (Å²) in [6.07, 6.45) is 33.3. The topological polar surface area (TPSA) is 26.3 Å². The van der Waals surface area contributed by atoms with Gasteiger partial charge in [0, 0.05) is 0 Å². The van der Waals surface area contributed by atoms with Crippen molar-refractivity contribution >= 4 is 5.97 Å². The zero-order valence-electron chi connectivity index (χ0n) is 24.9. The van der Waals surface area contributed by atoms with E-state index in [1.165, 1.54) is 154 Å². The van der Waals surface area contributed by atoms with Crippen LogP contribution in [0.3, 0.4) is 0 Å². The Kier molecular flexibility index (Phi) is 27.6. The van der Waals surface area contributed by atoms with Crippen LogP contribution in [0.1, 0.15) is 188 Å².